The van der Waals surface area contributed by atoms with Crippen molar-refractivity contribution in [2.45, 2.75) is 25.3 Å². The second kappa shape index (κ2) is 5.32. The van der Waals surface area contributed by atoms with Gasteiger partial charge in [-0.1, -0.05) is 0 Å². The van der Waals surface area contributed by atoms with Gasteiger partial charge in [-0.25, -0.2) is 0 Å². The first-order chi connectivity index (χ1) is 6.65. The zero-order valence-corrected chi connectivity index (χ0v) is 9.20. The summed E-state index contributed by atoms with van der Waals surface area (Å²) in [5, 5.41) is 0. The highest BCUT2D eigenvalue weighted by Crippen LogP contribution is 2.26. The third kappa shape index (κ3) is 3.64. The first kappa shape index (κ1) is 11.5. The first-order valence-corrected chi connectivity index (χ1v) is 5.29. The van der Waals surface area contributed by atoms with Crippen molar-refractivity contribution >= 4 is 5.91 Å². The van der Waals surface area contributed by atoms with Gasteiger partial charge in [-0.15, -0.1) is 0 Å². The summed E-state index contributed by atoms with van der Waals surface area (Å²) in [4.78, 5) is 15.3. The van der Waals surface area contributed by atoms with Crippen LogP contribution in [-0.4, -0.2) is 55.5 Å². The summed E-state index contributed by atoms with van der Waals surface area (Å²) < 4.78 is 0. The van der Waals surface area contributed by atoms with Crippen LogP contribution in [-0.2, 0) is 4.79 Å². The largest absolute Gasteiger partial charge is 0.349 e. The SMILES string of the molecule is CN(C)C(=O)CCN(CCN)C1CC1. The van der Waals surface area contributed by atoms with Crippen molar-refractivity contribution in [2.75, 3.05) is 33.7 Å². The van der Waals surface area contributed by atoms with Crippen LogP contribution in [0.5, 0.6) is 0 Å². The molecule has 4 heteroatoms. The van der Waals surface area contributed by atoms with Gasteiger partial charge in [0.15, 0.2) is 0 Å². The summed E-state index contributed by atoms with van der Waals surface area (Å²) in [5.74, 6) is 0.202. The Morgan fingerprint density at radius 1 is 1.36 bits per heavy atom. The van der Waals surface area contributed by atoms with Gasteiger partial charge in [0.25, 0.3) is 0 Å². The number of nitrogens with zero attached hydrogens (tertiary/aromatic N) is 2. The summed E-state index contributed by atoms with van der Waals surface area (Å²) in [7, 11) is 3.60. The van der Waals surface area contributed by atoms with E-state index >= 15 is 0 Å². The van der Waals surface area contributed by atoms with E-state index in [-0.39, 0.29) is 5.91 Å². The standard InChI is InChI=1S/C10H21N3O/c1-12(2)10(14)5-7-13(8-6-11)9-3-4-9/h9H,3-8,11H2,1-2H3. The van der Waals surface area contributed by atoms with Crippen molar-refractivity contribution in [1.82, 2.24) is 9.80 Å². The Kier molecular flexibility index (Phi) is 4.35. The number of amides is 1. The van der Waals surface area contributed by atoms with Crippen molar-refractivity contribution in [2.24, 2.45) is 5.73 Å². The number of nitrogens with two attached hydrogens (primary N) is 1. The lowest BCUT2D eigenvalue weighted by Gasteiger charge is -2.21. The zero-order chi connectivity index (χ0) is 10.6. The van der Waals surface area contributed by atoms with E-state index in [9.17, 15) is 4.79 Å². The van der Waals surface area contributed by atoms with Gasteiger partial charge < -0.3 is 10.6 Å². The molecular weight excluding hydrogens is 178 g/mol. The molecule has 1 aliphatic carbocycles. The molecule has 82 valence electrons. The lowest BCUT2D eigenvalue weighted by atomic mass is 10.3. The van der Waals surface area contributed by atoms with Crippen LogP contribution in [0.15, 0.2) is 0 Å². The maximum atomic E-state index is 11.4. The van der Waals surface area contributed by atoms with Crippen LogP contribution >= 0.6 is 0 Å². The van der Waals surface area contributed by atoms with Crippen molar-refractivity contribution in [1.29, 1.82) is 0 Å². The third-order valence-corrected chi connectivity index (χ3v) is 2.59. The fourth-order valence-corrected chi connectivity index (χ4v) is 1.55. The van der Waals surface area contributed by atoms with E-state index in [2.05, 4.69) is 4.90 Å². The Hall–Kier alpha value is -0.610. The summed E-state index contributed by atoms with van der Waals surface area (Å²) in [6.07, 6.45) is 3.16. The lowest BCUT2D eigenvalue weighted by Crippen LogP contribution is -2.35. The van der Waals surface area contributed by atoms with E-state index in [1.165, 1.54) is 12.8 Å². The van der Waals surface area contributed by atoms with Crippen molar-refractivity contribution in [3.63, 3.8) is 0 Å². The highest BCUT2D eigenvalue weighted by molar-refractivity contribution is 5.75. The van der Waals surface area contributed by atoms with Crippen molar-refractivity contribution < 1.29 is 4.79 Å². The molecule has 1 amide bonds. The van der Waals surface area contributed by atoms with Crippen LogP contribution < -0.4 is 5.73 Å². The maximum absolute atomic E-state index is 11.4. The third-order valence-electron chi connectivity index (χ3n) is 2.59. The average molecular weight is 199 g/mol. The topological polar surface area (TPSA) is 49.6 Å². The van der Waals surface area contributed by atoms with Gasteiger partial charge in [0.1, 0.15) is 0 Å². The fourth-order valence-electron chi connectivity index (χ4n) is 1.55. The molecule has 1 rings (SSSR count). The molecule has 0 aromatic heterocycles. The van der Waals surface area contributed by atoms with E-state index in [0.29, 0.717) is 19.0 Å². The number of hydrogen-bond donors (Lipinski definition) is 1. The molecule has 0 bridgehead atoms. The second-order valence-corrected chi connectivity index (χ2v) is 4.09. The zero-order valence-electron chi connectivity index (χ0n) is 9.20. The minimum absolute atomic E-state index is 0.202. The second-order valence-electron chi connectivity index (χ2n) is 4.09. The van der Waals surface area contributed by atoms with Gasteiger partial charge in [0, 0.05) is 46.2 Å². The number of rotatable bonds is 6. The molecule has 14 heavy (non-hydrogen) atoms. The van der Waals surface area contributed by atoms with Crippen LogP contribution in [0.3, 0.4) is 0 Å². The molecule has 4 nitrogen and oxygen atoms in total. The molecule has 0 aromatic carbocycles. The first-order valence-electron chi connectivity index (χ1n) is 5.29. The molecule has 0 aromatic rings. The predicted molar refractivity (Wildman–Crippen MR) is 57.0 cm³/mol. The van der Waals surface area contributed by atoms with Gasteiger partial charge in [-0.2, -0.15) is 0 Å². The minimum atomic E-state index is 0.202. The minimum Gasteiger partial charge on any atom is -0.349 e. The molecule has 1 aliphatic rings. The molecule has 1 saturated carbocycles. The maximum Gasteiger partial charge on any atom is 0.223 e. The molecule has 1 fully saturated rings. The van der Waals surface area contributed by atoms with E-state index in [0.717, 1.165) is 13.1 Å². The molecule has 0 spiro atoms. The average Bonchev–Trinajstić information content (AvgIpc) is 2.94. The van der Waals surface area contributed by atoms with Gasteiger partial charge in [-0.3, -0.25) is 9.69 Å². The fraction of sp³-hybridized carbons (Fsp3) is 0.900. The van der Waals surface area contributed by atoms with Gasteiger partial charge >= 0.3 is 0 Å². The van der Waals surface area contributed by atoms with Crippen molar-refractivity contribution in [3.05, 3.63) is 0 Å². The van der Waals surface area contributed by atoms with E-state index in [1.807, 2.05) is 0 Å². The van der Waals surface area contributed by atoms with Gasteiger partial charge in [0.05, 0.1) is 0 Å². The van der Waals surface area contributed by atoms with Crippen LogP contribution in [0.25, 0.3) is 0 Å². The van der Waals surface area contributed by atoms with Crippen molar-refractivity contribution in [3.8, 4) is 0 Å². The summed E-state index contributed by atoms with van der Waals surface area (Å²) in [6, 6.07) is 0.702. The van der Waals surface area contributed by atoms with Gasteiger partial charge in [-0.05, 0) is 12.8 Å². The smallest absolute Gasteiger partial charge is 0.223 e. The quantitative estimate of drug-likeness (QED) is 0.649. The summed E-state index contributed by atoms with van der Waals surface area (Å²) in [6.45, 7) is 2.47. The van der Waals surface area contributed by atoms with E-state index < -0.39 is 0 Å². The predicted octanol–water partition coefficient (Wildman–Crippen LogP) is -0.112. The van der Waals surface area contributed by atoms with Gasteiger partial charge in [0.2, 0.25) is 5.91 Å². The molecule has 2 N–H and O–H groups in total. The Bertz CT molecular complexity index is 190. The highest BCUT2D eigenvalue weighted by atomic mass is 16.2. The number of carbonyl (C=O) groups excluding carboxylic acids is 1. The Morgan fingerprint density at radius 3 is 2.43 bits per heavy atom. The Morgan fingerprint density at radius 2 is 2.00 bits per heavy atom. The summed E-state index contributed by atoms with van der Waals surface area (Å²) in [5.41, 5.74) is 5.52. The van der Waals surface area contributed by atoms with Crippen LogP contribution in [0, 0.1) is 0 Å². The van der Waals surface area contributed by atoms with Crippen LogP contribution in [0.4, 0.5) is 0 Å². The van der Waals surface area contributed by atoms with Crippen LogP contribution in [0.2, 0.25) is 0 Å². The lowest BCUT2D eigenvalue weighted by molar-refractivity contribution is -0.129. The highest BCUT2D eigenvalue weighted by Gasteiger charge is 2.28. The molecule has 0 unspecified atom stereocenters. The monoisotopic (exact) mass is 199 g/mol. The molecule has 0 saturated heterocycles. The molecular formula is C10H21N3O. The van der Waals surface area contributed by atoms with Crippen LogP contribution in [0.1, 0.15) is 19.3 Å². The molecule has 0 heterocycles. The number of carbonyl (C=O) groups is 1. The number of hydrogen-bond acceptors (Lipinski definition) is 3. The van der Waals surface area contributed by atoms with E-state index in [4.69, 9.17) is 5.73 Å². The Balaban J connectivity index is 2.22. The normalized spacial score (nSPS) is 16.0. The molecule has 0 aliphatic heterocycles. The van der Waals surface area contributed by atoms with E-state index in [1.54, 1.807) is 19.0 Å². The molecule has 0 atom stereocenters. The summed E-state index contributed by atoms with van der Waals surface area (Å²) >= 11 is 0. The molecule has 0 radical (unpaired) electrons. The Labute approximate surface area is 86.0 Å².